The van der Waals surface area contributed by atoms with Gasteiger partial charge in [-0.25, -0.2) is 15.0 Å². The summed E-state index contributed by atoms with van der Waals surface area (Å²) in [5, 5.41) is 12.0. The standard InChI is InChI=1S/C51H29N3OS.C2H6/c1-2-12-30(13-3-1)49-52-50(39-19-10-22-44-47(39)38-18-8-9-21-43(38)55-44)54-51(53-49)40-20-11-23-46-48(40)42-29-32(25-27-45(42)56-46)31-24-26-37-35-16-5-4-14-33(35)34-15-6-7-17-36(34)41(37)28-31;1-2/h1-29H;1-2H3. The molecule has 274 valence electrons. The number of fused-ring (bicyclic) bond motifs is 12. The van der Waals surface area contributed by atoms with Crippen molar-refractivity contribution in [2.45, 2.75) is 13.8 Å². The van der Waals surface area contributed by atoms with Crippen molar-refractivity contribution in [1.29, 1.82) is 0 Å². The van der Waals surface area contributed by atoms with Crippen molar-refractivity contribution < 1.29 is 4.42 Å². The second kappa shape index (κ2) is 13.8. The van der Waals surface area contributed by atoms with Gasteiger partial charge in [0, 0.05) is 47.6 Å². The molecule has 0 unspecified atom stereocenters. The van der Waals surface area contributed by atoms with E-state index in [1.165, 1.54) is 58.2 Å². The lowest BCUT2D eigenvalue weighted by molar-refractivity contribution is 0.669. The number of furan rings is 1. The van der Waals surface area contributed by atoms with Crippen molar-refractivity contribution in [3.63, 3.8) is 0 Å². The monoisotopic (exact) mass is 761 g/mol. The lowest BCUT2D eigenvalue weighted by Crippen LogP contribution is -2.00. The molecule has 3 heterocycles. The minimum atomic E-state index is 0.610. The molecule has 0 atom stereocenters. The Morgan fingerprint density at radius 3 is 1.57 bits per heavy atom. The van der Waals surface area contributed by atoms with Crippen LogP contribution in [0.3, 0.4) is 0 Å². The van der Waals surface area contributed by atoms with Gasteiger partial charge in [-0.3, -0.25) is 0 Å². The highest BCUT2D eigenvalue weighted by molar-refractivity contribution is 7.26. The molecule has 0 radical (unpaired) electrons. The highest BCUT2D eigenvalue weighted by Gasteiger charge is 2.20. The van der Waals surface area contributed by atoms with Gasteiger partial charge < -0.3 is 4.42 Å². The summed E-state index contributed by atoms with van der Waals surface area (Å²) in [5.41, 5.74) is 6.83. The zero-order valence-electron chi connectivity index (χ0n) is 31.9. The van der Waals surface area contributed by atoms with Gasteiger partial charge in [-0.05, 0) is 79.8 Å². The molecule has 0 fully saturated rings. The molecule has 0 aliphatic rings. The van der Waals surface area contributed by atoms with Gasteiger partial charge in [0.2, 0.25) is 0 Å². The van der Waals surface area contributed by atoms with Crippen LogP contribution in [0.25, 0.3) is 120 Å². The summed E-state index contributed by atoms with van der Waals surface area (Å²) in [6, 6.07) is 62.2. The van der Waals surface area contributed by atoms with Crippen molar-refractivity contribution in [2.75, 3.05) is 0 Å². The second-order valence-electron chi connectivity index (χ2n) is 14.3. The number of thiophene rings is 1. The first kappa shape index (κ1) is 34.1. The average Bonchev–Trinajstić information content (AvgIpc) is 3.88. The zero-order chi connectivity index (χ0) is 38.7. The van der Waals surface area contributed by atoms with Crippen LogP contribution in [-0.4, -0.2) is 15.0 Å². The van der Waals surface area contributed by atoms with E-state index >= 15 is 0 Å². The molecule has 0 amide bonds. The molecule has 0 saturated heterocycles. The quantitative estimate of drug-likeness (QED) is 0.168. The van der Waals surface area contributed by atoms with Gasteiger partial charge in [0.15, 0.2) is 17.5 Å². The third kappa shape index (κ3) is 5.39. The number of nitrogens with zero attached hydrogens (tertiary/aromatic N) is 3. The van der Waals surface area contributed by atoms with Crippen molar-refractivity contribution in [1.82, 2.24) is 15.0 Å². The van der Waals surface area contributed by atoms with Crippen LogP contribution in [0.2, 0.25) is 0 Å². The van der Waals surface area contributed by atoms with E-state index < -0.39 is 0 Å². The van der Waals surface area contributed by atoms with Crippen LogP contribution in [-0.2, 0) is 0 Å². The molecule has 5 heteroatoms. The fourth-order valence-electron chi connectivity index (χ4n) is 8.57. The molecular weight excluding hydrogens is 727 g/mol. The van der Waals surface area contributed by atoms with Gasteiger partial charge in [0.05, 0.1) is 0 Å². The number of hydrogen-bond donors (Lipinski definition) is 0. The maximum Gasteiger partial charge on any atom is 0.164 e. The summed E-state index contributed by atoms with van der Waals surface area (Å²) in [6.45, 7) is 4.00. The number of aromatic nitrogens is 3. The fourth-order valence-corrected chi connectivity index (χ4v) is 9.69. The Bertz CT molecular complexity index is 3510. The minimum absolute atomic E-state index is 0.610. The lowest BCUT2D eigenvalue weighted by atomic mass is 9.92. The van der Waals surface area contributed by atoms with E-state index in [1.807, 2.05) is 62.4 Å². The second-order valence-corrected chi connectivity index (χ2v) is 15.4. The van der Waals surface area contributed by atoms with Crippen molar-refractivity contribution >= 4 is 85.8 Å². The lowest BCUT2D eigenvalue weighted by Gasteiger charge is -2.12. The van der Waals surface area contributed by atoms with Crippen molar-refractivity contribution in [3.8, 4) is 45.3 Å². The first-order valence-corrected chi connectivity index (χ1v) is 20.6. The predicted molar refractivity (Wildman–Crippen MR) is 246 cm³/mol. The van der Waals surface area contributed by atoms with Gasteiger partial charge in [0.1, 0.15) is 11.2 Å². The van der Waals surface area contributed by atoms with Crippen LogP contribution in [0.15, 0.2) is 180 Å². The summed E-state index contributed by atoms with van der Waals surface area (Å²) < 4.78 is 8.70. The van der Waals surface area contributed by atoms with Crippen molar-refractivity contribution in [3.05, 3.63) is 176 Å². The van der Waals surface area contributed by atoms with Crippen LogP contribution in [0, 0.1) is 0 Å². The van der Waals surface area contributed by atoms with E-state index in [1.54, 1.807) is 11.3 Å². The molecule has 0 N–H and O–H groups in total. The third-order valence-electron chi connectivity index (χ3n) is 11.1. The van der Waals surface area contributed by atoms with E-state index in [2.05, 4.69) is 127 Å². The number of hydrogen-bond acceptors (Lipinski definition) is 5. The minimum Gasteiger partial charge on any atom is -0.456 e. The summed E-state index contributed by atoms with van der Waals surface area (Å²) >= 11 is 1.80. The largest absolute Gasteiger partial charge is 0.456 e. The summed E-state index contributed by atoms with van der Waals surface area (Å²) in [6.07, 6.45) is 0. The molecule has 12 rings (SSSR count). The SMILES string of the molecule is CC.c1ccc(-c2nc(-c3cccc4oc5ccccc5c34)nc(-c3cccc4sc5ccc(-c6ccc7c8ccccc8c8ccccc8c7c6)cc5c34)n2)cc1. The van der Waals surface area contributed by atoms with Crippen LogP contribution in [0.5, 0.6) is 0 Å². The molecule has 0 aliphatic carbocycles. The van der Waals surface area contributed by atoms with Gasteiger partial charge in [-0.15, -0.1) is 11.3 Å². The maximum atomic E-state index is 6.28. The third-order valence-corrected chi connectivity index (χ3v) is 12.3. The maximum absolute atomic E-state index is 6.28. The smallest absolute Gasteiger partial charge is 0.164 e. The molecule has 58 heavy (non-hydrogen) atoms. The molecular formula is C53H35N3OS. The van der Waals surface area contributed by atoms with Crippen LogP contribution >= 0.6 is 11.3 Å². The van der Waals surface area contributed by atoms with Gasteiger partial charge >= 0.3 is 0 Å². The normalized spacial score (nSPS) is 11.6. The van der Waals surface area contributed by atoms with E-state index in [4.69, 9.17) is 19.4 Å². The Hall–Kier alpha value is -7.21. The Labute approximate surface area is 338 Å². The summed E-state index contributed by atoms with van der Waals surface area (Å²) in [7, 11) is 0. The first-order chi connectivity index (χ1) is 28.7. The van der Waals surface area contributed by atoms with Crippen LogP contribution < -0.4 is 0 Å². The van der Waals surface area contributed by atoms with Gasteiger partial charge in [-0.2, -0.15) is 0 Å². The Morgan fingerprint density at radius 1 is 0.345 bits per heavy atom. The molecule has 0 saturated carbocycles. The highest BCUT2D eigenvalue weighted by Crippen LogP contribution is 2.43. The summed E-state index contributed by atoms with van der Waals surface area (Å²) in [5.74, 6) is 1.88. The molecule has 9 aromatic carbocycles. The van der Waals surface area contributed by atoms with Gasteiger partial charge in [0.25, 0.3) is 0 Å². The van der Waals surface area contributed by atoms with Crippen LogP contribution in [0.4, 0.5) is 0 Å². The average molecular weight is 762 g/mol. The Balaban J connectivity index is 0.00000190. The molecule has 0 bridgehead atoms. The van der Waals surface area contributed by atoms with E-state index in [-0.39, 0.29) is 0 Å². The topological polar surface area (TPSA) is 51.8 Å². The van der Waals surface area contributed by atoms with E-state index in [9.17, 15) is 0 Å². The first-order valence-electron chi connectivity index (χ1n) is 19.8. The molecule has 0 spiro atoms. The Morgan fingerprint density at radius 2 is 0.862 bits per heavy atom. The predicted octanol–water partition coefficient (Wildman–Crippen LogP) is 15.3. The van der Waals surface area contributed by atoms with Gasteiger partial charge in [-0.1, -0.05) is 153 Å². The summed E-state index contributed by atoms with van der Waals surface area (Å²) in [4.78, 5) is 15.6. The van der Waals surface area contributed by atoms with E-state index in [0.717, 1.165) is 44.0 Å². The molecule has 0 aliphatic heterocycles. The van der Waals surface area contributed by atoms with E-state index in [0.29, 0.717) is 17.5 Å². The Kier molecular flexibility index (Phi) is 8.09. The number of benzene rings is 9. The zero-order valence-corrected chi connectivity index (χ0v) is 32.7. The molecule has 4 nitrogen and oxygen atoms in total. The highest BCUT2D eigenvalue weighted by atomic mass is 32.1. The number of para-hydroxylation sites is 1. The molecule has 3 aromatic heterocycles. The fraction of sp³-hybridized carbons (Fsp3) is 0.0377. The number of rotatable bonds is 4. The molecule has 12 aromatic rings. The van der Waals surface area contributed by atoms with Crippen molar-refractivity contribution in [2.24, 2.45) is 0 Å². The van der Waals surface area contributed by atoms with Crippen LogP contribution in [0.1, 0.15) is 13.8 Å².